The van der Waals surface area contributed by atoms with Gasteiger partial charge in [0.1, 0.15) is 0 Å². The maximum Gasteiger partial charge on any atom is 0.313 e. The summed E-state index contributed by atoms with van der Waals surface area (Å²) in [4.78, 5) is 27.6. The molecule has 0 N–H and O–H groups in total. The first-order valence-corrected chi connectivity index (χ1v) is 10.3. The Morgan fingerprint density at radius 2 is 1.69 bits per heavy atom. The summed E-state index contributed by atoms with van der Waals surface area (Å²) in [5.74, 6) is -0.346. The Balaban J connectivity index is 1.71. The van der Waals surface area contributed by atoms with Crippen molar-refractivity contribution in [2.75, 3.05) is 11.4 Å². The van der Waals surface area contributed by atoms with E-state index < -0.39 is 17.4 Å². The molecule has 3 rings (SSSR count). The maximum atomic E-state index is 13.0. The molecule has 154 valence electrons. The van der Waals surface area contributed by atoms with Crippen molar-refractivity contribution in [2.45, 2.75) is 53.1 Å². The predicted octanol–water partition coefficient (Wildman–Crippen LogP) is 4.97. The van der Waals surface area contributed by atoms with Crippen molar-refractivity contribution in [3.63, 3.8) is 0 Å². The van der Waals surface area contributed by atoms with Crippen LogP contribution in [0.3, 0.4) is 0 Å². The van der Waals surface area contributed by atoms with Crippen LogP contribution in [0.5, 0.6) is 0 Å². The third-order valence-electron chi connectivity index (χ3n) is 5.54. The predicted molar refractivity (Wildman–Crippen MR) is 116 cm³/mol. The molecule has 0 aliphatic carbocycles. The molecule has 0 aromatic heterocycles. The van der Waals surface area contributed by atoms with E-state index in [2.05, 4.69) is 26.0 Å². The Hall–Kier alpha value is -2.62. The van der Waals surface area contributed by atoms with Crippen LogP contribution in [-0.4, -0.2) is 24.5 Å². The number of hydrogen-bond donors (Lipinski definition) is 0. The molecule has 2 aromatic rings. The first-order valence-electron chi connectivity index (χ1n) is 10.3. The molecule has 0 spiro atoms. The Kier molecular flexibility index (Phi) is 6.11. The van der Waals surface area contributed by atoms with Gasteiger partial charge >= 0.3 is 5.97 Å². The van der Waals surface area contributed by atoms with Gasteiger partial charge in [-0.15, -0.1) is 0 Å². The molecule has 1 aliphatic rings. The lowest BCUT2D eigenvalue weighted by Crippen LogP contribution is -2.37. The quantitative estimate of drug-likeness (QED) is 0.651. The highest BCUT2D eigenvalue weighted by Gasteiger charge is 2.49. The van der Waals surface area contributed by atoms with Gasteiger partial charge in [-0.25, -0.2) is 0 Å². The van der Waals surface area contributed by atoms with Gasteiger partial charge in [-0.3, -0.25) is 9.59 Å². The van der Waals surface area contributed by atoms with Gasteiger partial charge in [-0.2, -0.15) is 0 Å². The van der Waals surface area contributed by atoms with E-state index in [1.807, 2.05) is 63.2 Å². The van der Waals surface area contributed by atoms with Gasteiger partial charge in [0.15, 0.2) is 6.10 Å². The first kappa shape index (κ1) is 21.1. The standard InChI is InChI=1S/C25H31NO3/c1-17(2)15-19-11-13-20(14-12-19)18(3)24(28)29-22-23(27)26(16-25(22,4)5)21-9-7-6-8-10-21/h6-14,17-18,22H,15-16H2,1-5H3/t18-,22+/m0/s1. The Bertz CT molecular complexity index is 855. The minimum absolute atomic E-state index is 0.158. The summed E-state index contributed by atoms with van der Waals surface area (Å²) in [6, 6.07) is 17.6. The van der Waals surface area contributed by atoms with Crippen LogP contribution in [0.2, 0.25) is 0 Å². The number of esters is 1. The van der Waals surface area contributed by atoms with E-state index in [1.165, 1.54) is 5.56 Å². The van der Waals surface area contributed by atoms with Gasteiger partial charge in [0.05, 0.1) is 5.92 Å². The molecule has 1 heterocycles. The second-order valence-corrected chi connectivity index (χ2v) is 9.13. The van der Waals surface area contributed by atoms with Crippen LogP contribution in [0.25, 0.3) is 0 Å². The van der Waals surface area contributed by atoms with Gasteiger partial charge in [0, 0.05) is 17.6 Å². The van der Waals surface area contributed by atoms with E-state index in [9.17, 15) is 9.59 Å². The molecule has 0 bridgehead atoms. The summed E-state index contributed by atoms with van der Waals surface area (Å²) in [6.45, 7) is 10.7. The average molecular weight is 394 g/mol. The zero-order valence-corrected chi connectivity index (χ0v) is 18.0. The zero-order valence-electron chi connectivity index (χ0n) is 18.0. The molecule has 0 radical (unpaired) electrons. The van der Waals surface area contributed by atoms with Gasteiger partial charge in [-0.1, -0.05) is 70.2 Å². The average Bonchev–Trinajstić information content (AvgIpc) is 2.91. The molecule has 1 fully saturated rings. The van der Waals surface area contributed by atoms with Crippen molar-refractivity contribution in [2.24, 2.45) is 11.3 Å². The Morgan fingerprint density at radius 1 is 1.07 bits per heavy atom. The lowest BCUT2D eigenvalue weighted by molar-refractivity contribution is -0.159. The molecule has 2 atom stereocenters. The molecule has 29 heavy (non-hydrogen) atoms. The highest BCUT2D eigenvalue weighted by atomic mass is 16.6. The number of carbonyl (C=O) groups excluding carboxylic acids is 2. The van der Waals surface area contributed by atoms with E-state index in [-0.39, 0.29) is 11.9 Å². The topological polar surface area (TPSA) is 46.6 Å². The largest absolute Gasteiger partial charge is 0.451 e. The fraction of sp³-hybridized carbons (Fsp3) is 0.440. The summed E-state index contributed by atoms with van der Waals surface area (Å²) in [7, 11) is 0. The number of benzene rings is 2. The number of nitrogens with zero attached hydrogens (tertiary/aromatic N) is 1. The highest BCUT2D eigenvalue weighted by Crippen LogP contribution is 2.36. The molecule has 1 amide bonds. The molecule has 1 saturated heterocycles. The Morgan fingerprint density at radius 3 is 2.28 bits per heavy atom. The molecule has 0 saturated carbocycles. The van der Waals surface area contributed by atoms with Crippen molar-refractivity contribution in [1.82, 2.24) is 0 Å². The number of hydrogen-bond acceptors (Lipinski definition) is 3. The molecular weight excluding hydrogens is 362 g/mol. The van der Waals surface area contributed by atoms with Crippen molar-refractivity contribution < 1.29 is 14.3 Å². The third-order valence-corrected chi connectivity index (χ3v) is 5.54. The monoisotopic (exact) mass is 393 g/mol. The molecule has 2 aromatic carbocycles. The molecule has 4 nitrogen and oxygen atoms in total. The Labute approximate surface area is 173 Å². The summed E-state index contributed by atoms with van der Waals surface area (Å²) in [5, 5.41) is 0. The van der Waals surface area contributed by atoms with Crippen LogP contribution in [0, 0.1) is 11.3 Å². The van der Waals surface area contributed by atoms with Crippen LogP contribution >= 0.6 is 0 Å². The van der Waals surface area contributed by atoms with E-state index in [0.29, 0.717) is 12.5 Å². The van der Waals surface area contributed by atoms with Crippen molar-refractivity contribution in [3.8, 4) is 0 Å². The minimum Gasteiger partial charge on any atom is -0.451 e. The van der Waals surface area contributed by atoms with Crippen LogP contribution in [-0.2, 0) is 20.7 Å². The second-order valence-electron chi connectivity index (χ2n) is 9.13. The fourth-order valence-electron chi connectivity index (χ4n) is 3.85. The zero-order chi connectivity index (χ0) is 21.2. The van der Waals surface area contributed by atoms with E-state index >= 15 is 0 Å². The van der Waals surface area contributed by atoms with E-state index in [0.717, 1.165) is 17.7 Å². The maximum absolute atomic E-state index is 13.0. The summed E-state index contributed by atoms with van der Waals surface area (Å²) < 4.78 is 5.77. The smallest absolute Gasteiger partial charge is 0.313 e. The number of anilines is 1. The third kappa shape index (κ3) is 4.69. The van der Waals surface area contributed by atoms with Crippen LogP contribution in [0.1, 0.15) is 51.7 Å². The molecule has 0 unspecified atom stereocenters. The summed E-state index contributed by atoms with van der Waals surface area (Å²) >= 11 is 0. The van der Waals surface area contributed by atoms with Crippen molar-refractivity contribution in [3.05, 3.63) is 65.7 Å². The van der Waals surface area contributed by atoms with Crippen molar-refractivity contribution in [1.29, 1.82) is 0 Å². The number of rotatable bonds is 6. The molecular formula is C25H31NO3. The number of para-hydroxylation sites is 1. The minimum atomic E-state index is -0.780. The van der Waals surface area contributed by atoms with Gasteiger partial charge in [0.2, 0.25) is 0 Å². The molecule has 4 heteroatoms. The number of amides is 1. The lowest BCUT2D eigenvalue weighted by atomic mass is 9.89. The summed E-state index contributed by atoms with van der Waals surface area (Å²) in [5.41, 5.74) is 2.54. The van der Waals surface area contributed by atoms with Crippen molar-refractivity contribution >= 4 is 17.6 Å². The van der Waals surface area contributed by atoms with Gasteiger partial charge in [0.25, 0.3) is 5.91 Å². The van der Waals surface area contributed by atoms with Crippen LogP contribution < -0.4 is 4.90 Å². The van der Waals surface area contributed by atoms with Gasteiger partial charge < -0.3 is 9.64 Å². The highest BCUT2D eigenvalue weighted by molar-refractivity contribution is 6.01. The lowest BCUT2D eigenvalue weighted by Gasteiger charge is -2.24. The van der Waals surface area contributed by atoms with Crippen LogP contribution in [0.15, 0.2) is 54.6 Å². The van der Waals surface area contributed by atoms with Crippen LogP contribution in [0.4, 0.5) is 5.69 Å². The van der Waals surface area contributed by atoms with E-state index in [4.69, 9.17) is 4.74 Å². The fourth-order valence-corrected chi connectivity index (χ4v) is 3.85. The van der Waals surface area contributed by atoms with Gasteiger partial charge in [-0.05, 0) is 42.5 Å². The number of carbonyl (C=O) groups is 2. The second kappa shape index (κ2) is 8.40. The van der Waals surface area contributed by atoms with E-state index in [1.54, 1.807) is 4.90 Å². The number of ether oxygens (including phenoxy) is 1. The molecule has 1 aliphatic heterocycles. The summed E-state index contributed by atoms with van der Waals surface area (Å²) in [6.07, 6.45) is 0.233. The normalized spacial score (nSPS) is 19.4. The first-order chi connectivity index (χ1) is 13.7. The SMILES string of the molecule is CC(C)Cc1ccc([C@H](C)C(=O)O[C@@H]2C(=O)N(c3ccccc3)CC2(C)C)cc1.